The second kappa shape index (κ2) is 5.80. The van der Waals surface area contributed by atoms with Gasteiger partial charge in [0.15, 0.2) is 0 Å². The first-order valence-electron chi connectivity index (χ1n) is 5.53. The third kappa shape index (κ3) is 3.05. The van der Waals surface area contributed by atoms with Gasteiger partial charge in [-0.2, -0.15) is 4.31 Å². The van der Waals surface area contributed by atoms with Crippen LogP contribution in [0.4, 0.5) is 0 Å². The van der Waals surface area contributed by atoms with Crippen LogP contribution < -0.4 is 0 Å². The SMILES string of the molecule is O=C(O)[C@H]1CCCCN1S(=O)(=O)c1cc(Br)sc1Br. The Labute approximate surface area is 131 Å². The fraction of sp³-hybridized carbons (Fsp3) is 0.500. The van der Waals surface area contributed by atoms with Gasteiger partial charge in [0.25, 0.3) is 0 Å². The van der Waals surface area contributed by atoms with Gasteiger partial charge in [-0.1, -0.05) is 0 Å². The van der Waals surface area contributed by atoms with Crippen molar-refractivity contribution < 1.29 is 18.3 Å². The molecule has 5 nitrogen and oxygen atoms in total. The van der Waals surface area contributed by atoms with Gasteiger partial charge in [-0.05, 0) is 57.2 Å². The second-order valence-corrected chi connectivity index (χ2v) is 9.76. The Bertz CT molecular complexity index is 599. The molecule has 1 aliphatic rings. The molecule has 0 aliphatic carbocycles. The molecule has 1 aromatic rings. The van der Waals surface area contributed by atoms with Crippen LogP contribution in [0.2, 0.25) is 0 Å². The van der Waals surface area contributed by atoms with E-state index >= 15 is 0 Å². The van der Waals surface area contributed by atoms with E-state index in [0.29, 0.717) is 20.4 Å². The molecule has 0 bridgehead atoms. The summed E-state index contributed by atoms with van der Waals surface area (Å²) in [6, 6.07) is 0.529. The number of piperidine rings is 1. The van der Waals surface area contributed by atoms with Crippen LogP contribution in [0.15, 0.2) is 18.5 Å². The van der Waals surface area contributed by atoms with Gasteiger partial charge in [0.2, 0.25) is 10.0 Å². The summed E-state index contributed by atoms with van der Waals surface area (Å²) in [5.41, 5.74) is 0. The molecule has 0 radical (unpaired) electrons. The fourth-order valence-corrected chi connectivity index (χ4v) is 7.48. The van der Waals surface area contributed by atoms with Crippen LogP contribution in [0.3, 0.4) is 0 Å². The number of rotatable bonds is 3. The molecule has 1 N–H and O–H groups in total. The first-order valence-corrected chi connectivity index (χ1v) is 9.38. The number of sulfonamides is 1. The Kier molecular flexibility index (Phi) is 4.71. The number of halogens is 2. The monoisotopic (exact) mass is 431 g/mol. The molecule has 0 unspecified atom stereocenters. The molecule has 106 valence electrons. The molecule has 1 aliphatic heterocycles. The highest BCUT2D eigenvalue weighted by Gasteiger charge is 2.38. The Hall–Kier alpha value is 0.0400. The van der Waals surface area contributed by atoms with Crippen molar-refractivity contribution in [1.82, 2.24) is 4.31 Å². The summed E-state index contributed by atoms with van der Waals surface area (Å²) >= 11 is 7.69. The minimum atomic E-state index is -3.78. The standard InChI is InChI=1S/C10H11Br2NO4S2/c11-8-5-7(9(12)18-8)19(16,17)13-4-2-1-3-6(13)10(14)15/h5-6H,1-4H2,(H,14,15)/t6-/m1/s1. The van der Waals surface area contributed by atoms with Gasteiger partial charge in [0, 0.05) is 6.54 Å². The van der Waals surface area contributed by atoms with E-state index in [1.807, 2.05) is 0 Å². The normalized spacial score (nSPS) is 21.5. The summed E-state index contributed by atoms with van der Waals surface area (Å²) in [5, 5.41) is 9.17. The highest BCUT2D eigenvalue weighted by molar-refractivity contribution is 9.12. The molecular formula is C10H11Br2NO4S2. The molecule has 1 aromatic heterocycles. The van der Waals surface area contributed by atoms with Crippen LogP contribution >= 0.6 is 43.2 Å². The summed E-state index contributed by atoms with van der Waals surface area (Å²) < 4.78 is 27.4. The Balaban J connectivity index is 2.43. The highest BCUT2D eigenvalue weighted by atomic mass is 79.9. The van der Waals surface area contributed by atoms with E-state index in [1.165, 1.54) is 17.4 Å². The zero-order chi connectivity index (χ0) is 14.2. The van der Waals surface area contributed by atoms with Crippen LogP contribution in [0.5, 0.6) is 0 Å². The van der Waals surface area contributed by atoms with Gasteiger partial charge in [0.05, 0.1) is 7.57 Å². The number of nitrogens with zero attached hydrogens (tertiary/aromatic N) is 1. The number of carboxylic acids is 1. The first kappa shape index (κ1) is 15.4. The lowest BCUT2D eigenvalue weighted by molar-refractivity contribution is -0.142. The highest BCUT2D eigenvalue weighted by Crippen LogP contribution is 2.37. The minimum Gasteiger partial charge on any atom is -0.480 e. The average Bonchev–Trinajstić information content (AvgIpc) is 2.69. The summed E-state index contributed by atoms with van der Waals surface area (Å²) in [6.45, 7) is 0.249. The van der Waals surface area contributed by atoms with Crippen LogP contribution in [-0.4, -0.2) is 36.4 Å². The number of carboxylic acid groups (broad SMARTS) is 1. The lowest BCUT2D eigenvalue weighted by Gasteiger charge is -2.31. The third-order valence-corrected chi connectivity index (χ3v) is 7.61. The molecule has 0 aromatic carbocycles. The first-order chi connectivity index (χ1) is 8.84. The summed E-state index contributed by atoms with van der Waals surface area (Å²) in [6.07, 6.45) is 1.78. The zero-order valence-electron chi connectivity index (χ0n) is 9.67. The molecule has 9 heteroatoms. The van der Waals surface area contributed by atoms with E-state index in [4.69, 9.17) is 5.11 Å². The van der Waals surface area contributed by atoms with E-state index in [1.54, 1.807) is 0 Å². The van der Waals surface area contributed by atoms with Gasteiger partial charge in [-0.15, -0.1) is 11.3 Å². The predicted molar refractivity (Wildman–Crippen MR) is 78.9 cm³/mol. The largest absolute Gasteiger partial charge is 0.480 e. The van der Waals surface area contributed by atoms with Crippen molar-refractivity contribution in [3.05, 3.63) is 13.6 Å². The number of thiophene rings is 1. The van der Waals surface area contributed by atoms with Gasteiger partial charge >= 0.3 is 5.97 Å². The summed E-state index contributed by atoms with van der Waals surface area (Å²) in [4.78, 5) is 11.3. The van der Waals surface area contributed by atoms with Crippen LogP contribution in [0.25, 0.3) is 0 Å². The Morgan fingerprint density at radius 2 is 2.11 bits per heavy atom. The summed E-state index contributed by atoms with van der Waals surface area (Å²) in [5.74, 6) is -1.09. The van der Waals surface area contributed by atoms with Crippen molar-refractivity contribution in [3.63, 3.8) is 0 Å². The zero-order valence-corrected chi connectivity index (χ0v) is 14.5. The van der Waals surface area contributed by atoms with E-state index in [9.17, 15) is 13.2 Å². The number of carbonyl (C=O) groups is 1. The van der Waals surface area contributed by atoms with E-state index < -0.39 is 22.0 Å². The molecule has 1 atom stereocenters. The van der Waals surface area contributed by atoms with Crippen molar-refractivity contribution in [2.24, 2.45) is 0 Å². The lowest BCUT2D eigenvalue weighted by Crippen LogP contribution is -2.47. The molecule has 0 amide bonds. The molecule has 19 heavy (non-hydrogen) atoms. The van der Waals surface area contributed by atoms with Gasteiger partial charge in [-0.3, -0.25) is 4.79 Å². The molecule has 2 heterocycles. The van der Waals surface area contributed by atoms with E-state index in [-0.39, 0.29) is 11.4 Å². The molecular weight excluding hydrogens is 422 g/mol. The summed E-state index contributed by atoms with van der Waals surface area (Å²) in [7, 11) is -3.78. The predicted octanol–water partition coefficient (Wildman–Crippen LogP) is 2.90. The van der Waals surface area contributed by atoms with Gasteiger partial charge in [0.1, 0.15) is 10.9 Å². The average molecular weight is 433 g/mol. The Morgan fingerprint density at radius 1 is 1.42 bits per heavy atom. The molecule has 1 saturated heterocycles. The maximum absolute atomic E-state index is 12.6. The smallest absolute Gasteiger partial charge is 0.322 e. The Morgan fingerprint density at radius 3 is 2.63 bits per heavy atom. The molecule has 1 fully saturated rings. The molecule has 0 saturated carbocycles. The quantitative estimate of drug-likeness (QED) is 0.796. The number of hydrogen-bond donors (Lipinski definition) is 1. The van der Waals surface area contributed by atoms with Crippen molar-refractivity contribution in [1.29, 1.82) is 0 Å². The molecule has 2 rings (SSSR count). The number of aliphatic carboxylic acids is 1. The van der Waals surface area contributed by atoms with Crippen LogP contribution in [-0.2, 0) is 14.8 Å². The second-order valence-electron chi connectivity index (χ2n) is 4.15. The van der Waals surface area contributed by atoms with Crippen molar-refractivity contribution in [3.8, 4) is 0 Å². The van der Waals surface area contributed by atoms with Crippen LogP contribution in [0, 0.1) is 0 Å². The maximum atomic E-state index is 12.6. The lowest BCUT2D eigenvalue weighted by atomic mass is 10.1. The third-order valence-electron chi connectivity index (χ3n) is 2.95. The minimum absolute atomic E-state index is 0.123. The molecule has 0 spiro atoms. The fourth-order valence-electron chi connectivity index (χ4n) is 2.07. The topological polar surface area (TPSA) is 74.7 Å². The van der Waals surface area contributed by atoms with Crippen molar-refractivity contribution >= 4 is 59.2 Å². The number of hydrogen-bond acceptors (Lipinski definition) is 4. The van der Waals surface area contributed by atoms with Crippen molar-refractivity contribution in [2.75, 3.05) is 6.54 Å². The van der Waals surface area contributed by atoms with E-state index in [2.05, 4.69) is 31.9 Å². The maximum Gasteiger partial charge on any atom is 0.322 e. The van der Waals surface area contributed by atoms with Gasteiger partial charge < -0.3 is 5.11 Å². The van der Waals surface area contributed by atoms with Crippen molar-refractivity contribution in [2.45, 2.75) is 30.2 Å². The van der Waals surface area contributed by atoms with E-state index in [0.717, 1.165) is 10.7 Å². The van der Waals surface area contributed by atoms with Gasteiger partial charge in [-0.25, -0.2) is 8.42 Å². The van der Waals surface area contributed by atoms with Crippen LogP contribution in [0.1, 0.15) is 19.3 Å².